The van der Waals surface area contributed by atoms with Crippen LogP contribution in [0.15, 0.2) is 42.5 Å². The van der Waals surface area contributed by atoms with Gasteiger partial charge in [-0.05, 0) is 36.4 Å². The first-order valence-corrected chi connectivity index (χ1v) is 7.73. The fraction of sp³-hybridized carbons (Fsp3) is 0.111. The molecule has 0 aromatic heterocycles. The highest BCUT2D eigenvalue weighted by Gasteiger charge is 2.22. The molecule has 2 aromatic rings. The van der Waals surface area contributed by atoms with Crippen molar-refractivity contribution in [1.82, 2.24) is 0 Å². The van der Waals surface area contributed by atoms with E-state index in [2.05, 4.69) is 10.1 Å². The van der Waals surface area contributed by atoms with Crippen LogP contribution in [0, 0.1) is 10.1 Å². The topological polar surface area (TPSA) is 117 Å². The molecule has 3 rings (SSSR count). The Balaban J connectivity index is 1.73. The molecule has 1 aliphatic heterocycles. The average molecular weight is 370 g/mol. The quantitative estimate of drug-likeness (QED) is 0.372. The summed E-state index contributed by atoms with van der Waals surface area (Å²) in [6.45, 7) is -0.0122. The molecule has 0 radical (unpaired) electrons. The van der Waals surface area contributed by atoms with Crippen LogP contribution in [0.5, 0.6) is 11.5 Å². The predicted molar refractivity (Wildman–Crippen MR) is 94.7 cm³/mol. The molecule has 2 aromatic carbocycles. The van der Waals surface area contributed by atoms with Gasteiger partial charge in [-0.3, -0.25) is 14.9 Å². The van der Waals surface area contributed by atoms with Crippen molar-refractivity contribution in [2.75, 3.05) is 19.2 Å². The number of carbonyl (C=O) groups excluding carboxylic acids is 2. The normalized spacial score (nSPS) is 12.0. The van der Waals surface area contributed by atoms with Crippen molar-refractivity contribution in [1.29, 1.82) is 0 Å². The van der Waals surface area contributed by atoms with Gasteiger partial charge >= 0.3 is 5.97 Å². The van der Waals surface area contributed by atoms with Crippen molar-refractivity contribution >= 4 is 29.3 Å². The molecule has 9 heteroatoms. The van der Waals surface area contributed by atoms with Gasteiger partial charge < -0.3 is 19.5 Å². The number of anilines is 1. The highest BCUT2D eigenvalue weighted by Crippen LogP contribution is 2.38. The number of nitro groups is 1. The van der Waals surface area contributed by atoms with Crippen molar-refractivity contribution in [3.63, 3.8) is 0 Å². The molecular formula is C18H14N2O7. The van der Waals surface area contributed by atoms with E-state index in [9.17, 15) is 19.7 Å². The Morgan fingerprint density at radius 2 is 1.85 bits per heavy atom. The molecule has 0 spiro atoms. The Morgan fingerprint density at radius 1 is 1.19 bits per heavy atom. The number of hydrogen-bond donors (Lipinski definition) is 1. The molecule has 0 saturated carbocycles. The largest absolute Gasteiger partial charge is 0.465 e. The lowest BCUT2D eigenvalue weighted by atomic mass is 10.1. The molecule has 0 atom stereocenters. The van der Waals surface area contributed by atoms with Crippen LogP contribution < -0.4 is 14.8 Å². The number of hydrogen-bond acceptors (Lipinski definition) is 7. The van der Waals surface area contributed by atoms with Crippen LogP contribution >= 0.6 is 0 Å². The fourth-order valence-electron chi connectivity index (χ4n) is 2.40. The van der Waals surface area contributed by atoms with E-state index in [0.717, 1.165) is 0 Å². The monoisotopic (exact) mass is 370 g/mol. The number of nitro benzene ring substituents is 1. The smallest absolute Gasteiger partial charge is 0.337 e. The van der Waals surface area contributed by atoms with Gasteiger partial charge in [0.25, 0.3) is 5.69 Å². The number of methoxy groups -OCH3 is 1. The van der Waals surface area contributed by atoms with E-state index in [1.165, 1.54) is 43.5 Å². The van der Waals surface area contributed by atoms with E-state index in [-0.39, 0.29) is 23.8 Å². The SMILES string of the molecule is COC(=O)c1ccc(NC(=O)/C=C/c2cc3c(cc2[N+](=O)[O-])OCO3)cc1. The molecule has 0 unspecified atom stereocenters. The second-order valence-corrected chi connectivity index (χ2v) is 5.41. The standard InChI is InChI=1S/C18H14N2O7/c1-25-18(22)11-2-5-13(6-3-11)19-17(21)7-4-12-8-15-16(27-10-26-15)9-14(12)20(23)24/h2-9H,10H2,1H3,(H,19,21)/b7-4+. The van der Waals surface area contributed by atoms with E-state index in [1.807, 2.05) is 0 Å². The Bertz CT molecular complexity index is 935. The molecule has 1 heterocycles. The van der Waals surface area contributed by atoms with E-state index in [4.69, 9.17) is 9.47 Å². The maximum absolute atomic E-state index is 12.1. The van der Waals surface area contributed by atoms with Crippen molar-refractivity contribution in [2.45, 2.75) is 0 Å². The Kier molecular flexibility index (Phi) is 5.02. The molecule has 0 saturated heterocycles. The van der Waals surface area contributed by atoms with Gasteiger partial charge in [0.1, 0.15) is 0 Å². The molecule has 0 fully saturated rings. The minimum atomic E-state index is -0.564. The summed E-state index contributed by atoms with van der Waals surface area (Å²) in [4.78, 5) is 34.1. The van der Waals surface area contributed by atoms with E-state index >= 15 is 0 Å². The highest BCUT2D eigenvalue weighted by molar-refractivity contribution is 6.02. The second kappa shape index (κ2) is 7.56. The summed E-state index contributed by atoms with van der Waals surface area (Å²) in [5.74, 6) is -0.316. The van der Waals surface area contributed by atoms with Crippen LogP contribution in [0.4, 0.5) is 11.4 Å². The first-order chi connectivity index (χ1) is 13.0. The molecule has 1 amide bonds. The number of amides is 1. The number of rotatable bonds is 5. The van der Waals surface area contributed by atoms with Crippen molar-refractivity contribution < 1.29 is 28.7 Å². The van der Waals surface area contributed by atoms with Crippen LogP contribution in [-0.2, 0) is 9.53 Å². The maximum atomic E-state index is 12.1. The van der Waals surface area contributed by atoms with E-state index in [0.29, 0.717) is 17.0 Å². The summed E-state index contributed by atoms with van der Waals surface area (Å²) < 4.78 is 14.9. The van der Waals surface area contributed by atoms with E-state index < -0.39 is 16.8 Å². The zero-order chi connectivity index (χ0) is 19.4. The molecule has 138 valence electrons. The third-order valence-electron chi connectivity index (χ3n) is 3.71. The average Bonchev–Trinajstić information content (AvgIpc) is 3.13. The highest BCUT2D eigenvalue weighted by atomic mass is 16.7. The fourth-order valence-corrected chi connectivity index (χ4v) is 2.40. The molecule has 1 aliphatic rings. The van der Waals surface area contributed by atoms with Gasteiger partial charge in [-0.1, -0.05) is 0 Å². The summed E-state index contributed by atoms with van der Waals surface area (Å²) in [5.41, 5.74) is 0.811. The molecule has 27 heavy (non-hydrogen) atoms. The zero-order valence-corrected chi connectivity index (χ0v) is 14.1. The van der Waals surface area contributed by atoms with Gasteiger partial charge in [-0.15, -0.1) is 0 Å². The van der Waals surface area contributed by atoms with Gasteiger partial charge in [0, 0.05) is 11.8 Å². The first kappa shape index (κ1) is 17.9. The van der Waals surface area contributed by atoms with Gasteiger partial charge in [0.2, 0.25) is 12.7 Å². The van der Waals surface area contributed by atoms with Crippen molar-refractivity contribution in [3.8, 4) is 11.5 Å². The number of carbonyl (C=O) groups is 2. The van der Waals surface area contributed by atoms with Gasteiger partial charge in [-0.25, -0.2) is 4.79 Å². The third kappa shape index (κ3) is 4.03. The molecule has 0 bridgehead atoms. The zero-order valence-electron chi connectivity index (χ0n) is 14.1. The Labute approximate surface area is 153 Å². The third-order valence-corrected chi connectivity index (χ3v) is 3.71. The van der Waals surface area contributed by atoms with Crippen molar-refractivity contribution in [3.05, 3.63) is 63.7 Å². The van der Waals surface area contributed by atoms with Crippen LogP contribution in [-0.4, -0.2) is 30.7 Å². The van der Waals surface area contributed by atoms with Gasteiger partial charge in [0.05, 0.1) is 29.2 Å². The summed E-state index contributed by atoms with van der Waals surface area (Å²) in [6.07, 6.45) is 2.48. The number of fused-ring (bicyclic) bond motifs is 1. The number of ether oxygens (including phenoxy) is 3. The number of esters is 1. The summed E-state index contributed by atoms with van der Waals surface area (Å²) in [7, 11) is 1.28. The van der Waals surface area contributed by atoms with Gasteiger partial charge in [-0.2, -0.15) is 0 Å². The molecule has 0 aliphatic carbocycles. The van der Waals surface area contributed by atoms with Crippen molar-refractivity contribution in [2.24, 2.45) is 0 Å². The van der Waals surface area contributed by atoms with Crippen LogP contribution in [0.3, 0.4) is 0 Å². The minimum Gasteiger partial charge on any atom is -0.465 e. The maximum Gasteiger partial charge on any atom is 0.337 e. The second-order valence-electron chi connectivity index (χ2n) is 5.41. The Morgan fingerprint density at radius 3 is 2.48 bits per heavy atom. The van der Waals surface area contributed by atoms with Crippen LogP contribution in [0.25, 0.3) is 6.08 Å². The first-order valence-electron chi connectivity index (χ1n) is 7.73. The molecule has 1 N–H and O–H groups in total. The lowest BCUT2D eigenvalue weighted by Gasteiger charge is -2.04. The number of nitrogens with one attached hydrogen (secondary N) is 1. The summed E-state index contributed by atoms with van der Waals surface area (Å²) in [5, 5.41) is 13.8. The van der Waals surface area contributed by atoms with E-state index in [1.54, 1.807) is 12.1 Å². The minimum absolute atomic E-state index is 0.0122. The van der Waals surface area contributed by atoms with Crippen LogP contribution in [0.2, 0.25) is 0 Å². The molecule has 9 nitrogen and oxygen atoms in total. The van der Waals surface area contributed by atoms with Gasteiger partial charge in [0.15, 0.2) is 11.5 Å². The summed E-state index contributed by atoms with van der Waals surface area (Å²) >= 11 is 0. The Hall–Kier alpha value is -3.88. The number of nitrogens with zero attached hydrogens (tertiary/aromatic N) is 1. The predicted octanol–water partition coefficient (Wildman–Crippen LogP) is 2.76. The lowest BCUT2D eigenvalue weighted by Crippen LogP contribution is -2.08. The van der Waals surface area contributed by atoms with Crippen LogP contribution in [0.1, 0.15) is 15.9 Å². The number of benzene rings is 2. The molecular weight excluding hydrogens is 356 g/mol. The summed E-state index contributed by atoms with van der Waals surface area (Å²) in [6, 6.07) is 8.80. The lowest BCUT2D eigenvalue weighted by molar-refractivity contribution is -0.385.